The first-order chi connectivity index (χ1) is 7.19. The Bertz CT molecular complexity index is 145. The highest BCUT2D eigenvalue weighted by atomic mass is 16.3. The predicted octanol–water partition coefficient (Wildman–Crippen LogP) is 2.26. The summed E-state index contributed by atoms with van der Waals surface area (Å²) in [5.41, 5.74) is -0.903. The lowest BCUT2D eigenvalue weighted by Gasteiger charge is -2.29. The van der Waals surface area contributed by atoms with Gasteiger partial charge in [0, 0.05) is 12.1 Å². The van der Waals surface area contributed by atoms with Gasteiger partial charge in [0.25, 0.3) is 0 Å². The van der Waals surface area contributed by atoms with E-state index in [1.54, 1.807) is 13.8 Å². The summed E-state index contributed by atoms with van der Waals surface area (Å²) >= 11 is 0. The van der Waals surface area contributed by atoms with Crippen molar-refractivity contribution in [2.45, 2.75) is 72.1 Å². The smallest absolute Gasteiger partial charge is 0.0821 e. The summed E-state index contributed by atoms with van der Waals surface area (Å²) in [5, 5.41) is 16.7. The average molecular weight is 233 g/mol. The zero-order valence-corrected chi connectivity index (χ0v) is 12.1. The van der Waals surface area contributed by atoms with Gasteiger partial charge in [0.15, 0.2) is 0 Å². The minimum Gasteiger partial charge on any atom is -0.393 e. The van der Waals surface area contributed by atoms with E-state index in [1.165, 1.54) is 12.8 Å². The summed E-state index contributed by atoms with van der Waals surface area (Å²) in [6.07, 6.45) is 2.50. The summed E-state index contributed by atoms with van der Waals surface area (Å²) in [4.78, 5) is 2.44. The van der Waals surface area contributed by atoms with Crippen LogP contribution in [0.1, 0.15) is 54.4 Å². The van der Waals surface area contributed by atoms with Gasteiger partial charge in [0.2, 0.25) is 0 Å². The molecule has 2 N–H and O–H groups in total. The first kappa shape index (κ1) is 18.3. The summed E-state index contributed by atoms with van der Waals surface area (Å²) in [6, 6.07) is 1.46. The van der Waals surface area contributed by atoms with Crippen LogP contribution < -0.4 is 0 Å². The summed E-state index contributed by atoms with van der Waals surface area (Å²) in [7, 11) is 2.21. The van der Waals surface area contributed by atoms with Crippen molar-refractivity contribution in [2.24, 2.45) is 0 Å². The summed E-state index contributed by atoms with van der Waals surface area (Å²) < 4.78 is 0. The molecule has 2 unspecified atom stereocenters. The SMILES string of the molecule is CC(C)(O)CO.CCC(C)N(C)C(C)CC. The molecule has 0 saturated heterocycles. The molecule has 2 atom stereocenters. The van der Waals surface area contributed by atoms with E-state index in [4.69, 9.17) is 10.2 Å². The Balaban J connectivity index is 0. The first-order valence-corrected chi connectivity index (χ1v) is 6.24. The van der Waals surface area contributed by atoms with Crippen LogP contribution in [0.3, 0.4) is 0 Å². The lowest BCUT2D eigenvalue weighted by atomic mass is 10.1. The normalized spacial score (nSPS) is 15.4. The van der Waals surface area contributed by atoms with Crippen molar-refractivity contribution in [2.75, 3.05) is 13.7 Å². The van der Waals surface area contributed by atoms with Crippen LogP contribution in [-0.2, 0) is 0 Å². The molecule has 0 aromatic rings. The van der Waals surface area contributed by atoms with Crippen molar-refractivity contribution in [1.82, 2.24) is 4.90 Å². The number of aliphatic hydroxyl groups excluding tert-OH is 1. The highest BCUT2D eigenvalue weighted by Crippen LogP contribution is 2.07. The van der Waals surface area contributed by atoms with Gasteiger partial charge in [-0.1, -0.05) is 13.8 Å². The fraction of sp³-hybridized carbons (Fsp3) is 1.00. The van der Waals surface area contributed by atoms with Crippen LogP contribution in [-0.4, -0.2) is 46.5 Å². The molecule has 0 spiro atoms. The Morgan fingerprint density at radius 3 is 1.44 bits per heavy atom. The lowest BCUT2D eigenvalue weighted by Crippen LogP contribution is -2.35. The molecule has 16 heavy (non-hydrogen) atoms. The van der Waals surface area contributed by atoms with Crippen LogP contribution in [0.2, 0.25) is 0 Å². The Hall–Kier alpha value is -0.120. The van der Waals surface area contributed by atoms with E-state index in [-0.39, 0.29) is 6.61 Å². The van der Waals surface area contributed by atoms with Crippen LogP contribution in [0.15, 0.2) is 0 Å². The standard InChI is InChI=1S/C9H21N.C4H10O2/c1-6-8(3)10(5)9(4)7-2;1-4(2,6)3-5/h8-9H,6-7H2,1-5H3;5-6H,3H2,1-2H3. The van der Waals surface area contributed by atoms with Gasteiger partial charge < -0.3 is 15.1 Å². The highest BCUT2D eigenvalue weighted by Gasteiger charge is 2.11. The van der Waals surface area contributed by atoms with E-state index in [0.29, 0.717) is 0 Å². The maximum absolute atomic E-state index is 8.58. The number of hydrogen-bond acceptors (Lipinski definition) is 3. The molecule has 0 rings (SSSR count). The molecule has 3 heteroatoms. The average Bonchev–Trinajstić information content (AvgIpc) is 2.25. The largest absolute Gasteiger partial charge is 0.393 e. The van der Waals surface area contributed by atoms with Gasteiger partial charge in [-0.25, -0.2) is 0 Å². The zero-order valence-electron chi connectivity index (χ0n) is 12.1. The van der Waals surface area contributed by atoms with Gasteiger partial charge in [0.05, 0.1) is 12.2 Å². The molecule has 100 valence electrons. The second-order valence-corrected chi connectivity index (χ2v) is 5.15. The molecule has 0 aromatic carbocycles. The third-order valence-electron chi connectivity index (χ3n) is 2.96. The maximum Gasteiger partial charge on any atom is 0.0821 e. The zero-order chi connectivity index (χ0) is 13.4. The lowest BCUT2D eigenvalue weighted by molar-refractivity contribution is 0.0183. The van der Waals surface area contributed by atoms with Crippen LogP contribution in [0.25, 0.3) is 0 Å². The molecule has 0 fully saturated rings. The van der Waals surface area contributed by atoms with E-state index < -0.39 is 5.60 Å². The third-order valence-corrected chi connectivity index (χ3v) is 2.96. The van der Waals surface area contributed by atoms with E-state index in [0.717, 1.165) is 12.1 Å². The van der Waals surface area contributed by atoms with Crippen molar-refractivity contribution in [3.8, 4) is 0 Å². The quantitative estimate of drug-likeness (QED) is 0.765. The minimum absolute atomic E-state index is 0.174. The summed E-state index contributed by atoms with van der Waals surface area (Å²) in [5.74, 6) is 0. The molecule has 0 aromatic heterocycles. The molecule has 0 aliphatic heterocycles. The van der Waals surface area contributed by atoms with Gasteiger partial charge in [-0.3, -0.25) is 0 Å². The minimum atomic E-state index is -0.903. The topological polar surface area (TPSA) is 43.7 Å². The molecule has 0 heterocycles. The van der Waals surface area contributed by atoms with Crippen LogP contribution >= 0.6 is 0 Å². The van der Waals surface area contributed by atoms with Gasteiger partial charge in [-0.05, 0) is 47.6 Å². The Kier molecular flexibility index (Phi) is 10.2. The van der Waals surface area contributed by atoms with Gasteiger partial charge in [-0.15, -0.1) is 0 Å². The second-order valence-electron chi connectivity index (χ2n) is 5.15. The number of hydrogen-bond donors (Lipinski definition) is 2. The van der Waals surface area contributed by atoms with Crippen molar-refractivity contribution >= 4 is 0 Å². The number of rotatable bonds is 5. The highest BCUT2D eigenvalue weighted by molar-refractivity contribution is 4.66. The maximum atomic E-state index is 8.58. The Morgan fingerprint density at radius 1 is 1.06 bits per heavy atom. The van der Waals surface area contributed by atoms with Gasteiger partial charge in [0.1, 0.15) is 0 Å². The molecular weight excluding hydrogens is 202 g/mol. The second kappa shape index (κ2) is 8.97. The fourth-order valence-corrected chi connectivity index (χ4v) is 1.01. The van der Waals surface area contributed by atoms with Crippen molar-refractivity contribution in [1.29, 1.82) is 0 Å². The first-order valence-electron chi connectivity index (χ1n) is 6.24. The van der Waals surface area contributed by atoms with Crippen molar-refractivity contribution in [3.63, 3.8) is 0 Å². The number of aliphatic hydroxyl groups is 2. The Labute approximate surface area is 101 Å². The monoisotopic (exact) mass is 233 g/mol. The van der Waals surface area contributed by atoms with E-state index in [9.17, 15) is 0 Å². The van der Waals surface area contributed by atoms with Crippen LogP contribution in [0.4, 0.5) is 0 Å². The fourth-order valence-electron chi connectivity index (χ4n) is 1.01. The van der Waals surface area contributed by atoms with E-state index in [1.807, 2.05) is 0 Å². The Morgan fingerprint density at radius 2 is 1.31 bits per heavy atom. The molecule has 0 aliphatic carbocycles. The molecule has 0 bridgehead atoms. The van der Waals surface area contributed by atoms with Crippen LogP contribution in [0, 0.1) is 0 Å². The summed E-state index contributed by atoms with van der Waals surface area (Å²) in [6.45, 7) is 12.0. The molecule has 0 radical (unpaired) electrons. The third kappa shape index (κ3) is 10.4. The molecule has 0 amide bonds. The molecular formula is C13H31NO2. The van der Waals surface area contributed by atoms with Gasteiger partial charge >= 0.3 is 0 Å². The van der Waals surface area contributed by atoms with Crippen LogP contribution in [0.5, 0.6) is 0 Å². The van der Waals surface area contributed by atoms with Crippen molar-refractivity contribution < 1.29 is 10.2 Å². The van der Waals surface area contributed by atoms with Crippen molar-refractivity contribution in [3.05, 3.63) is 0 Å². The molecule has 3 nitrogen and oxygen atoms in total. The molecule has 0 aliphatic rings. The molecule has 0 saturated carbocycles. The van der Waals surface area contributed by atoms with Gasteiger partial charge in [-0.2, -0.15) is 0 Å². The number of nitrogens with zero attached hydrogens (tertiary/aromatic N) is 1. The van der Waals surface area contributed by atoms with E-state index in [2.05, 4.69) is 39.6 Å². The van der Waals surface area contributed by atoms with E-state index >= 15 is 0 Å². The predicted molar refractivity (Wildman–Crippen MR) is 70.7 cm³/mol.